The van der Waals surface area contributed by atoms with Gasteiger partial charge in [-0.25, -0.2) is 10.9 Å². The topological polar surface area (TPSA) is 82.9 Å². The summed E-state index contributed by atoms with van der Waals surface area (Å²) in [4.78, 5) is 23.4. The van der Waals surface area contributed by atoms with Crippen molar-refractivity contribution < 1.29 is 9.59 Å². The van der Waals surface area contributed by atoms with Crippen LogP contribution < -0.4 is 10.9 Å². The predicted molar refractivity (Wildman–Crippen MR) is 114 cm³/mol. The molecule has 0 aromatic heterocycles. The Balaban J connectivity index is 1.73. The van der Waals surface area contributed by atoms with Crippen LogP contribution >= 0.6 is 46.4 Å². The van der Waals surface area contributed by atoms with Gasteiger partial charge in [-0.2, -0.15) is 10.2 Å². The Morgan fingerprint density at radius 1 is 0.750 bits per heavy atom. The highest BCUT2D eigenvalue weighted by Gasteiger charge is 2.06. The lowest BCUT2D eigenvalue weighted by atomic mass is 10.2. The molecule has 0 saturated heterocycles. The van der Waals surface area contributed by atoms with Gasteiger partial charge in [0.25, 0.3) is 0 Å². The quantitative estimate of drug-likeness (QED) is 0.465. The summed E-state index contributed by atoms with van der Waals surface area (Å²) in [6.07, 6.45) is 2.65. The third-order valence-electron chi connectivity index (χ3n) is 3.29. The Hall–Kier alpha value is -2.12. The van der Waals surface area contributed by atoms with E-state index in [1.807, 2.05) is 0 Å². The Labute approximate surface area is 181 Å². The van der Waals surface area contributed by atoms with Gasteiger partial charge in [0.15, 0.2) is 0 Å². The zero-order valence-corrected chi connectivity index (χ0v) is 17.3. The molecule has 2 N–H and O–H groups in total. The van der Waals surface area contributed by atoms with Crippen LogP contribution in [0.4, 0.5) is 0 Å². The normalized spacial score (nSPS) is 11.1. The van der Waals surface area contributed by atoms with Crippen molar-refractivity contribution >= 4 is 70.6 Å². The molecule has 2 aromatic rings. The van der Waals surface area contributed by atoms with Crippen molar-refractivity contribution in [2.24, 2.45) is 10.2 Å². The average Bonchev–Trinajstić information content (AvgIpc) is 2.63. The van der Waals surface area contributed by atoms with Crippen LogP contribution in [0.25, 0.3) is 0 Å². The van der Waals surface area contributed by atoms with E-state index in [0.29, 0.717) is 31.2 Å². The minimum atomic E-state index is -0.429. The molecule has 0 atom stereocenters. The maximum atomic E-state index is 11.7. The van der Waals surface area contributed by atoms with Gasteiger partial charge >= 0.3 is 0 Å². The summed E-state index contributed by atoms with van der Waals surface area (Å²) in [7, 11) is 0. The smallest absolute Gasteiger partial charge is 0.240 e. The lowest BCUT2D eigenvalue weighted by molar-refractivity contribution is -0.126. The molecule has 2 amide bonds. The van der Waals surface area contributed by atoms with Crippen molar-refractivity contribution in [2.75, 3.05) is 0 Å². The van der Waals surface area contributed by atoms with E-state index in [-0.39, 0.29) is 12.8 Å². The fourth-order valence-electron chi connectivity index (χ4n) is 1.90. The van der Waals surface area contributed by atoms with Gasteiger partial charge in [-0.15, -0.1) is 0 Å². The molecule has 28 heavy (non-hydrogen) atoms. The van der Waals surface area contributed by atoms with E-state index in [9.17, 15) is 9.59 Å². The average molecular weight is 460 g/mol. The Morgan fingerprint density at radius 3 is 1.50 bits per heavy atom. The maximum absolute atomic E-state index is 11.7. The lowest BCUT2D eigenvalue weighted by Crippen LogP contribution is -2.22. The second-order valence-electron chi connectivity index (χ2n) is 5.42. The fraction of sp³-hybridized carbons (Fsp3) is 0.111. The molecular formula is C18H14Cl4N4O2. The molecule has 2 aromatic carbocycles. The molecule has 10 heteroatoms. The number of carbonyl (C=O) groups is 2. The minimum absolute atomic E-state index is 0.0608. The molecule has 0 aliphatic heterocycles. The third-order valence-corrected chi connectivity index (χ3v) is 4.41. The number of hydrogen-bond donors (Lipinski definition) is 2. The van der Waals surface area contributed by atoms with Gasteiger partial charge in [0.2, 0.25) is 11.8 Å². The van der Waals surface area contributed by atoms with E-state index in [4.69, 9.17) is 46.4 Å². The number of halogens is 4. The molecule has 0 spiro atoms. The molecule has 6 nitrogen and oxygen atoms in total. The molecule has 0 bridgehead atoms. The summed E-state index contributed by atoms with van der Waals surface area (Å²) in [5.74, 6) is -0.859. The van der Waals surface area contributed by atoms with E-state index in [2.05, 4.69) is 21.1 Å². The van der Waals surface area contributed by atoms with Crippen LogP contribution in [-0.2, 0) is 9.59 Å². The molecule has 0 unspecified atom stereocenters. The number of benzene rings is 2. The van der Waals surface area contributed by atoms with Crippen LogP contribution in [0.2, 0.25) is 20.1 Å². The van der Waals surface area contributed by atoms with Crippen LogP contribution in [0, 0.1) is 0 Å². The maximum Gasteiger partial charge on any atom is 0.240 e. The predicted octanol–water partition coefficient (Wildman–Crippen LogP) is 4.68. The second kappa shape index (κ2) is 11.0. The first-order valence-electron chi connectivity index (χ1n) is 7.89. The van der Waals surface area contributed by atoms with Crippen molar-refractivity contribution in [3.8, 4) is 0 Å². The summed E-state index contributed by atoms with van der Waals surface area (Å²) in [5, 5.41) is 9.39. The van der Waals surface area contributed by atoms with E-state index in [1.54, 1.807) is 36.4 Å². The molecular weight excluding hydrogens is 446 g/mol. The van der Waals surface area contributed by atoms with Crippen LogP contribution in [0.1, 0.15) is 24.0 Å². The Bertz CT molecular complexity index is 856. The fourth-order valence-corrected chi connectivity index (χ4v) is 2.81. The van der Waals surface area contributed by atoms with Crippen LogP contribution in [0.15, 0.2) is 46.6 Å². The van der Waals surface area contributed by atoms with Gasteiger partial charge in [0.1, 0.15) is 0 Å². The molecule has 0 heterocycles. The molecule has 2 rings (SSSR count). The number of hydrazone groups is 2. The molecule has 146 valence electrons. The standard InChI is InChI=1S/C18H14Cl4N4O2/c19-13-3-1-11(15(21)7-13)9-23-25-17(27)5-6-18(28)26-24-10-12-2-4-14(20)8-16(12)22/h1-4,7-10H,5-6H2,(H,25,27)(H,26,28)/b23-9-,24-10+. The highest BCUT2D eigenvalue weighted by molar-refractivity contribution is 6.36. The van der Waals surface area contributed by atoms with Crippen LogP contribution in [0.5, 0.6) is 0 Å². The van der Waals surface area contributed by atoms with Crippen molar-refractivity contribution in [1.82, 2.24) is 10.9 Å². The molecule has 0 radical (unpaired) electrons. The van der Waals surface area contributed by atoms with Crippen LogP contribution in [-0.4, -0.2) is 24.2 Å². The van der Waals surface area contributed by atoms with E-state index >= 15 is 0 Å². The number of carbonyl (C=O) groups excluding carboxylic acids is 2. The summed E-state index contributed by atoms with van der Waals surface area (Å²) in [5.41, 5.74) is 5.82. The molecule has 0 fully saturated rings. The summed E-state index contributed by atoms with van der Waals surface area (Å²) in [6, 6.07) is 9.76. The minimum Gasteiger partial charge on any atom is -0.273 e. The van der Waals surface area contributed by atoms with Gasteiger partial charge < -0.3 is 0 Å². The number of hydrogen-bond acceptors (Lipinski definition) is 4. The Kier molecular flexibility index (Phi) is 8.73. The van der Waals surface area contributed by atoms with Gasteiger partial charge in [0, 0.05) is 34.0 Å². The van der Waals surface area contributed by atoms with Gasteiger partial charge in [-0.3, -0.25) is 9.59 Å². The number of amides is 2. The lowest BCUT2D eigenvalue weighted by Gasteiger charge is -2.01. The summed E-state index contributed by atoms with van der Waals surface area (Å²) in [6.45, 7) is 0. The van der Waals surface area contributed by atoms with Gasteiger partial charge in [0.05, 0.1) is 22.5 Å². The first kappa shape index (κ1) is 22.2. The first-order chi connectivity index (χ1) is 13.3. The SMILES string of the molecule is O=C(CCC(=O)N/N=C/c1ccc(Cl)cc1Cl)N/N=C\c1ccc(Cl)cc1Cl. The number of nitrogens with zero attached hydrogens (tertiary/aromatic N) is 2. The highest BCUT2D eigenvalue weighted by Crippen LogP contribution is 2.20. The first-order valence-corrected chi connectivity index (χ1v) is 9.40. The van der Waals surface area contributed by atoms with Crippen molar-refractivity contribution in [1.29, 1.82) is 0 Å². The van der Waals surface area contributed by atoms with Gasteiger partial charge in [-0.1, -0.05) is 58.5 Å². The van der Waals surface area contributed by atoms with Crippen molar-refractivity contribution in [2.45, 2.75) is 12.8 Å². The molecule has 0 saturated carbocycles. The monoisotopic (exact) mass is 458 g/mol. The molecule has 0 aliphatic rings. The largest absolute Gasteiger partial charge is 0.273 e. The Morgan fingerprint density at radius 2 is 1.14 bits per heavy atom. The zero-order chi connectivity index (χ0) is 20.5. The second-order valence-corrected chi connectivity index (χ2v) is 7.11. The number of nitrogens with one attached hydrogen (secondary N) is 2. The van der Waals surface area contributed by atoms with Crippen molar-refractivity contribution in [3.05, 3.63) is 67.6 Å². The van der Waals surface area contributed by atoms with E-state index < -0.39 is 11.8 Å². The summed E-state index contributed by atoms with van der Waals surface area (Å²) < 4.78 is 0. The molecule has 0 aliphatic carbocycles. The van der Waals surface area contributed by atoms with E-state index in [1.165, 1.54) is 12.4 Å². The third kappa shape index (κ3) is 7.48. The van der Waals surface area contributed by atoms with E-state index in [0.717, 1.165) is 0 Å². The van der Waals surface area contributed by atoms with Crippen molar-refractivity contribution in [3.63, 3.8) is 0 Å². The van der Waals surface area contributed by atoms with Gasteiger partial charge in [-0.05, 0) is 24.3 Å². The summed E-state index contributed by atoms with van der Waals surface area (Å²) >= 11 is 23.6. The zero-order valence-electron chi connectivity index (χ0n) is 14.3. The highest BCUT2D eigenvalue weighted by atomic mass is 35.5. The van der Waals surface area contributed by atoms with Crippen LogP contribution in [0.3, 0.4) is 0 Å². The number of rotatable bonds is 7.